The summed E-state index contributed by atoms with van der Waals surface area (Å²) in [7, 11) is 1.25. The Kier molecular flexibility index (Phi) is 4.31. The Bertz CT molecular complexity index is 761. The van der Waals surface area contributed by atoms with Crippen molar-refractivity contribution in [1.29, 1.82) is 0 Å². The van der Waals surface area contributed by atoms with Gasteiger partial charge in [0.05, 0.1) is 18.7 Å². The second-order valence-electron chi connectivity index (χ2n) is 5.68. The summed E-state index contributed by atoms with van der Waals surface area (Å²) >= 11 is 3.37. The van der Waals surface area contributed by atoms with Crippen LogP contribution >= 0.6 is 15.9 Å². The molecule has 2 aliphatic heterocycles. The van der Waals surface area contributed by atoms with Gasteiger partial charge >= 0.3 is 12.0 Å². The Hall–Kier alpha value is -2.35. The van der Waals surface area contributed by atoms with Gasteiger partial charge < -0.3 is 15.4 Å². The van der Waals surface area contributed by atoms with E-state index in [2.05, 4.69) is 26.6 Å². The van der Waals surface area contributed by atoms with Crippen molar-refractivity contribution in [3.05, 3.63) is 45.6 Å². The van der Waals surface area contributed by atoms with Gasteiger partial charge in [-0.3, -0.25) is 9.69 Å². The lowest BCUT2D eigenvalue weighted by Gasteiger charge is -2.40. The van der Waals surface area contributed by atoms with Gasteiger partial charge in [-0.25, -0.2) is 9.59 Å². The van der Waals surface area contributed by atoms with Gasteiger partial charge in [-0.05, 0) is 24.6 Å². The number of carbonyl (C=O) groups excluding carboxylic acids is 3. The van der Waals surface area contributed by atoms with Crippen molar-refractivity contribution in [3.63, 3.8) is 0 Å². The fraction of sp³-hybridized carbons (Fsp3) is 0.312. The number of esters is 1. The molecule has 8 heteroatoms. The zero-order valence-electron chi connectivity index (χ0n) is 13.1. The van der Waals surface area contributed by atoms with E-state index in [1.807, 2.05) is 6.07 Å². The van der Waals surface area contributed by atoms with E-state index >= 15 is 0 Å². The number of amides is 3. The standard InChI is InChI=1S/C16H16BrN3O4/c1-8-7-20-13(14(21)18-8)11(15(22)24-2)12(19-16(20)23)9-4-3-5-10(17)6-9/h3-6,8,12H,7H2,1-2H3,(H,18,21)(H,19,23)/t8-,12-/m0/s1. The number of hydrogen-bond donors (Lipinski definition) is 2. The first-order valence-electron chi connectivity index (χ1n) is 7.39. The summed E-state index contributed by atoms with van der Waals surface area (Å²) in [5, 5.41) is 5.55. The van der Waals surface area contributed by atoms with E-state index in [4.69, 9.17) is 4.74 Å². The average molecular weight is 394 g/mol. The van der Waals surface area contributed by atoms with Gasteiger partial charge in [-0.15, -0.1) is 0 Å². The zero-order chi connectivity index (χ0) is 17.4. The van der Waals surface area contributed by atoms with Crippen LogP contribution in [0.3, 0.4) is 0 Å². The summed E-state index contributed by atoms with van der Waals surface area (Å²) in [6, 6.07) is 5.82. The molecule has 7 nitrogen and oxygen atoms in total. The van der Waals surface area contributed by atoms with E-state index in [-0.39, 0.29) is 17.3 Å². The Balaban J connectivity index is 2.18. The van der Waals surface area contributed by atoms with E-state index in [9.17, 15) is 14.4 Å². The highest BCUT2D eigenvalue weighted by atomic mass is 79.9. The summed E-state index contributed by atoms with van der Waals surface area (Å²) in [6.45, 7) is 2.08. The second kappa shape index (κ2) is 6.27. The first-order valence-corrected chi connectivity index (χ1v) is 8.18. The van der Waals surface area contributed by atoms with E-state index in [1.54, 1.807) is 25.1 Å². The van der Waals surface area contributed by atoms with Gasteiger partial charge in [-0.2, -0.15) is 0 Å². The predicted molar refractivity (Wildman–Crippen MR) is 88.8 cm³/mol. The molecule has 1 aromatic carbocycles. The minimum atomic E-state index is -0.757. The molecule has 2 heterocycles. The van der Waals surface area contributed by atoms with E-state index in [0.717, 1.165) is 4.47 Å². The van der Waals surface area contributed by atoms with Gasteiger partial charge in [0.1, 0.15) is 5.70 Å². The fourth-order valence-electron chi connectivity index (χ4n) is 2.95. The summed E-state index contributed by atoms with van der Waals surface area (Å²) in [6.07, 6.45) is 0. The lowest BCUT2D eigenvalue weighted by atomic mass is 9.93. The number of benzene rings is 1. The van der Waals surface area contributed by atoms with Crippen molar-refractivity contribution in [3.8, 4) is 0 Å². The van der Waals surface area contributed by atoms with Crippen LogP contribution in [0.2, 0.25) is 0 Å². The average Bonchev–Trinajstić information content (AvgIpc) is 2.54. The maximum atomic E-state index is 12.5. The van der Waals surface area contributed by atoms with Gasteiger partial charge in [-0.1, -0.05) is 28.1 Å². The third kappa shape index (κ3) is 2.77. The summed E-state index contributed by atoms with van der Waals surface area (Å²) in [4.78, 5) is 38.6. The number of carbonyl (C=O) groups is 3. The number of piperazine rings is 1. The lowest BCUT2D eigenvalue weighted by Crippen LogP contribution is -2.59. The molecular weight excluding hydrogens is 378 g/mol. The minimum Gasteiger partial charge on any atom is -0.466 e. The van der Waals surface area contributed by atoms with E-state index in [0.29, 0.717) is 12.1 Å². The number of methoxy groups -OCH3 is 1. The largest absolute Gasteiger partial charge is 0.466 e. The molecule has 3 rings (SSSR count). The Labute approximate surface area is 147 Å². The van der Waals surface area contributed by atoms with Crippen molar-refractivity contribution < 1.29 is 19.1 Å². The van der Waals surface area contributed by atoms with Crippen molar-refractivity contribution >= 4 is 33.8 Å². The Morgan fingerprint density at radius 2 is 2.08 bits per heavy atom. The number of halogens is 1. The molecule has 1 saturated heterocycles. The number of nitrogens with zero attached hydrogens (tertiary/aromatic N) is 1. The highest BCUT2D eigenvalue weighted by molar-refractivity contribution is 9.10. The summed E-state index contributed by atoms with van der Waals surface area (Å²) in [5.41, 5.74) is 0.852. The van der Waals surface area contributed by atoms with E-state index < -0.39 is 23.9 Å². The topological polar surface area (TPSA) is 87.7 Å². The molecule has 1 fully saturated rings. The first-order chi connectivity index (χ1) is 11.4. The summed E-state index contributed by atoms with van der Waals surface area (Å²) in [5.74, 6) is -1.10. The van der Waals surface area contributed by atoms with Crippen LogP contribution in [0.1, 0.15) is 18.5 Å². The number of urea groups is 1. The fourth-order valence-corrected chi connectivity index (χ4v) is 3.37. The monoisotopic (exact) mass is 393 g/mol. The molecule has 0 radical (unpaired) electrons. The predicted octanol–water partition coefficient (Wildman–Crippen LogP) is 1.46. The lowest BCUT2D eigenvalue weighted by molar-refractivity contribution is -0.137. The van der Waals surface area contributed by atoms with Crippen LogP contribution in [0.15, 0.2) is 40.0 Å². The normalized spacial score (nSPS) is 23.4. The molecule has 0 aliphatic carbocycles. The Morgan fingerprint density at radius 3 is 2.75 bits per heavy atom. The number of fused-ring (bicyclic) bond motifs is 1. The minimum absolute atomic E-state index is 0.0497. The smallest absolute Gasteiger partial charge is 0.338 e. The van der Waals surface area contributed by atoms with Crippen LogP contribution in [0.25, 0.3) is 0 Å². The molecule has 3 amide bonds. The number of hydrogen-bond acceptors (Lipinski definition) is 4. The van der Waals surface area contributed by atoms with Crippen LogP contribution < -0.4 is 10.6 Å². The molecule has 2 atom stereocenters. The number of nitrogens with one attached hydrogen (secondary N) is 2. The molecular formula is C16H16BrN3O4. The van der Waals surface area contributed by atoms with E-state index in [1.165, 1.54) is 12.0 Å². The number of ether oxygens (including phenoxy) is 1. The van der Waals surface area contributed by atoms with Crippen molar-refractivity contribution in [2.45, 2.75) is 19.0 Å². The highest BCUT2D eigenvalue weighted by Gasteiger charge is 2.43. The molecule has 2 aliphatic rings. The molecule has 0 spiro atoms. The van der Waals surface area contributed by atoms with Crippen molar-refractivity contribution in [2.24, 2.45) is 0 Å². The SMILES string of the molecule is COC(=O)C1=C2C(=O)N[C@@H](C)CN2C(=O)N[C@H]1c1cccc(Br)c1. The number of rotatable bonds is 2. The molecule has 1 aromatic rings. The molecule has 0 unspecified atom stereocenters. The van der Waals surface area contributed by atoms with Gasteiger partial charge in [0.15, 0.2) is 0 Å². The van der Waals surface area contributed by atoms with Crippen LogP contribution in [-0.4, -0.2) is 42.5 Å². The third-order valence-electron chi connectivity index (χ3n) is 3.96. The van der Waals surface area contributed by atoms with Crippen LogP contribution in [0.5, 0.6) is 0 Å². The second-order valence-corrected chi connectivity index (χ2v) is 6.59. The maximum absolute atomic E-state index is 12.5. The molecule has 0 aromatic heterocycles. The van der Waals surface area contributed by atoms with Gasteiger partial charge in [0, 0.05) is 17.1 Å². The molecule has 0 bridgehead atoms. The van der Waals surface area contributed by atoms with Gasteiger partial charge in [0.2, 0.25) is 0 Å². The van der Waals surface area contributed by atoms with Gasteiger partial charge in [0.25, 0.3) is 5.91 Å². The van der Waals surface area contributed by atoms with Crippen LogP contribution in [0.4, 0.5) is 4.79 Å². The first kappa shape index (κ1) is 16.5. The maximum Gasteiger partial charge on any atom is 0.338 e. The molecule has 126 valence electrons. The quantitative estimate of drug-likeness (QED) is 0.744. The van der Waals surface area contributed by atoms with Crippen molar-refractivity contribution in [2.75, 3.05) is 13.7 Å². The molecule has 2 N–H and O–H groups in total. The van der Waals surface area contributed by atoms with Crippen LogP contribution in [-0.2, 0) is 14.3 Å². The van der Waals surface area contributed by atoms with Crippen molar-refractivity contribution in [1.82, 2.24) is 15.5 Å². The zero-order valence-corrected chi connectivity index (χ0v) is 14.7. The van der Waals surface area contributed by atoms with Crippen LogP contribution in [0, 0.1) is 0 Å². The Morgan fingerprint density at radius 1 is 1.33 bits per heavy atom. The summed E-state index contributed by atoms with van der Waals surface area (Å²) < 4.78 is 5.66. The highest BCUT2D eigenvalue weighted by Crippen LogP contribution is 2.33. The molecule has 0 saturated carbocycles. The third-order valence-corrected chi connectivity index (χ3v) is 4.46. The molecule has 24 heavy (non-hydrogen) atoms.